The molecule has 20 heavy (non-hydrogen) atoms. The molecule has 106 valence electrons. The van der Waals surface area contributed by atoms with Gasteiger partial charge in [0.25, 0.3) is 0 Å². The highest BCUT2D eigenvalue weighted by Gasteiger charge is 2.18. The molecule has 3 N–H and O–H groups in total. The molecule has 3 rings (SSSR count). The number of nitrogens with two attached hydrogens (primary N) is 1. The molecule has 0 bridgehead atoms. The van der Waals surface area contributed by atoms with Crippen molar-refractivity contribution < 1.29 is 0 Å². The third-order valence-corrected chi connectivity index (χ3v) is 4.24. The van der Waals surface area contributed by atoms with E-state index in [0.29, 0.717) is 6.54 Å². The van der Waals surface area contributed by atoms with Gasteiger partial charge in [-0.1, -0.05) is 26.0 Å². The molecule has 1 heterocycles. The van der Waals surface area contributed by atoms with E-state index in [-0.39, 0.29) is 5.41 Å². The Balaban J connectivity index is 1.83. The van der Waals surface area contributed by atoms with Crippen molar-refractivity contribution >= 4 is 0 Å². The Bertz CT molecular complexity index is 610. The summed E-state index contributed by atoms with van der Waals surface area (Å²) in [4.78, 5) is 7.95. The van der Waals surface area contributed by atoms with Crippen LogP contribution in [0, 0.1) is 5.41 Å². The molecule has 0 saturated heterocycles. The van der Waals surface area contributed by atoms with Crippen LogP contribution in [0.15, 0.2) is 24.4 Å². The summed E-state index contributed by atoms with van der Waals surface area (Å²) in [5.74, 6) is 1.02. The SMILES string of the molecule is CC(C)(CN)Cc1ncc(-c2ccc3c(c2)CCC3)[nH]1. The standard InChI is InChI=1S/C17H23N3/c1-17(2,11-18)9-16-19-10-15(20-16)14-7-6-12-4-3-5-13(12)8-14/h6-8,10H,3-5,9,11,18H2,1-2H3,(H,19,20). The van der Waals surface area contributed by atoms with Gasteiger partial charge >= 0.3 is 0 Å². The van der Waals surface area contributed by atoms with E-state index in [4.69, 9.17) is 5.73 Å². The van der Waals surface area contributed by atoms with E-state index in [0.717, 1.165) is 17.9 Å². The van der Waals surface area contributed by atoms with E-state index >= 15 is 0 Å². The lowest BCUT2D eigenvalue weighted by Crippen LogP contribution is -2.26. The second-order valence-corrected chi connectivity index (χ2v) is 6.63. The molecule has 0 fully saturated rings. The molecule has 3 heteroatoms. The third kappa shape index (κ3) is 2.63. The van der Waals surface area contributed by atoms with E-state index in [2.05, 4.69) is 42.0 Å². The Morgan fingerprint density at radius 2 is 2.05 bits per heavy atom. The lowest BCUT2D eigenvalue weighted by atomic mass is 9.89. The van der Waals surface area contributed by atoms with Crippen LogP contribution in [0.3, 0.4) is 0 Å². The Hall–Kier alpha value is -1.61. The maximum absolute atomic E-state index is 5.79. The fourth-order valence-electron chi connectivity index (χ4n) is 2.86. The van der Waals surface area contributed by atoms with Crippen molar-refractivity contribution in [2.75, 3.05) is 6.54 Å². The molecule has 3 nitrogen and oxygen atoms in total. The quantitative estimate of drug-likeness (QED) is 0.896. The van der Waals surface area contributed by atoms with Crippen molar-refractivity contribution in [1.82, 2.24) is 9.97 Å². The summed E-state index contributed by atoms with van der Waals surface area (Å²) in [6.07, 6.45) is 6.56. The number of aryl methyl sites for hydroxylation is 2. The Morgan fingerprint density at radius 3 is 2.85 bits per heavy atom. The Labute approximate surface area is 120 Å². The van der Waals surface area contributed by atoms with Gasteiger partial charge in [-0.15, -0.1) is 0 Å². The number of benzene rings is 1. The number of hydrogen-bond donors (Lipinski definition) is 2. The van der Waals surface area contributed by atoms with Gasteiger partial charge in [0.1, 0.15) is 5.82 Å². The van der Waals surface area contributed by atoms with Crippen LogP contribution in [-0.2, 0) is 19.3 Å². The van der Waals surface area contributed by atoms with Crippen molar-refractivity contribution in [2.24, 2.45) is 11.1 Å². The van der Waals surface area contributed by atoms with E-state index in [9.17, 15) is 0 Å². The zero-order chi connectivity index (χ0) is 14.2. The van der Waals surface area contributed by atoms with Gasteiger partial charge in [0.05, 0.1) is 11.9 Å². The first-order chi connectivity index (χ1) is 9.57. The summed E-state index contributed by atoms with van der Waals surface area (Å²) in [5.41, 5.74) is 11.3. The van der Waals surface area contributed by atoms with Crippen LogP contribution in [-0.4, -0.2) is 16.5 Å². The fraction of sp³-hybridized carbons (Fsp3) is 0.471. The number of hydrogen-bond acceptors (Lipinski definition) is 2. The van der Waals surface area contributed by atoms with Crippen LogP contribution in [0.2, 0.25) is 0 Å². The van der Waals surface area contributed by atoms with Crippen molar-refractivity contribution in [1.29, 1.82) is 0 Å². The molecule has 1 aromatic heterocycles. The largest absolute Gasteiger partial charge is 0.342 e. The molecule has 0 saturated carbocycles. The number of nitrogens with one attached hydrogen (secondary N) is 1. The van der Waals surface area contributed by atoms with Crippen molar-refractivity contribution in [3.8, 4) is 11.3 Å². The minimum atomic E-state index is 0.0903. The van der Waals surface area contributed by atoms with E-state index < -0.39 is 0 Å². The maximum atomic E-state index is 5.79. The predicted molar refractivity (Wildman–Crippen MR) is 82.6 cm³/mol. The van der Waals surface area contributed by atoms with Gasteiger partial charge in [0.2, 0.25) is 0 Å². The molecule has 0 amide bonds. The molecule has 0 spiro atoms. The summed E-state index contributed by atoms with van der Waals surface area (Å²) >= 11 is 0. The summed E-state index contributed by atoms with van der Waals surface area (Å²) in [6.45, 7) is 5.01. The highest BCUT2D eigenvalue weighted by molar-refractivity contribution is 5.61. The molecule has 1 aliphatic rings. The second-order valence-electron chi connectivity index (χ2n) is 6.63. The molecule has 0 unspecified atom stereocenters. The smallest absolute Gasteiger partial charge is 0.107 e. The van der Waals surface area contributed by atoms with Crippen LogP contribution in [0.1, 0.15) is 37.2 Å². The lowest BCUT2D eigenvalue weighted by Gasteiger charge is -2.20. The minimum Gasteiger partial charge on any atom is -0.342 e. The number of aromatic nitrogens is 2. The normalized spacial score (nSPS) is 14.6. The van der Waals surface area contributed by atoms with Gasteiger partial charge in [-0.05, 0) is 54.0 Å². The number of fused-ring (bicyclic) bond motifs is 1. The van der Waals surface area contributed by atoms with Crippen LogP contribution in [0.25, 0.3) is 11.3 Å². The number of H-pyrrole nitrogens is 1. The Morgan fingerprint density at radius 1 is 1.25 bits per heavy atom. The average molecular weight is 269 g/mol. The van der Waals surface area contributed by atoms with Crippen molar-refractivity contribution in [3.05, 3.63) is 41.3 Å². The number of rotatable bonds is 4. The van der Waals surface area contributed by atoms with Gasteiger partial charge in [-0.2, -0.15) is 0 Å². The van der Waals surface area contributed by atoms with Crippen LogP contribution >= 0.6 is 0 Å². The lowest BCUT2D eigenvalue weighted by molar-refractivity contribution is 0.369. The predicted octanol–water partition coefficient (Wildman–Crippen LogP) is 3.09. The maximum Gasteiger partial charge on any atom is 0.107 e. The molecule has 2 aromatic rings. The summed E-state index contributed by atoms with van der Waals surface area (Å²) < 4.78 is 0. The van der Waals surface area contributed by atoms with Crippen LogP contribution in [0.4, 0.5) is 0 Å². The molecule has 0 aliphatic heterocycles. The zero-order valence-corrected chi connectivity index (χ0v) is 12.4. The molecule has 1 aromatic carbocycles. The van der Waals surface area contributed by atoms with Crippen LogP contribution in [0.5, 0.6) is 0 Å². The summed E-state index contributed by atoms with van der Waals surface area (Å²) in [5, 5.41) is 0. The monoisotopic (exact) mass is 269 g/mol. The molecule has 0 radical (unpaired) electrons. The number of imidazole rings is 1. The Kier molecular flexibility index (Phi) is 3.38. The van der Waals surface area contributed by atoms with E-state index in [1.807, 2.05) is 6.20 Å². The van der Waals surface area contributed by atoms with Crippen LogP contribution < -0.4 is 5.73 Å². The van der Waals surface area contributed by atoms with Gasteiger partial charge < -0.3 is 10.7 Å². The van der Waals surface area contributed by atoms with E-state index in [1.54, 1.807) is 0 Å². The second kappa shape index (κ2) is 5.06. The molecule has 0 atom stereocenters. The van der Waals surface area contributed by atoms with E-state index in [1.165, 1.54) is 36.0 Å². The minimum absolute atomic E-state index is 0.0903. The van der Waals surface area contributed by atoms with Gasteiger partial charge in [-0.25, -0.2) is 4.98 Å². The first kappa shape index (κ1) is 13.4. The highest BCUT2D eigenvalue weighted by Crippen LogP contribution is 2.28. The zero-order valence-electron chi connectivity index (χ0n) is 12.4. The van der Waals surface area contributed by atoms with Gasteiger partial charge in [-0.3, -0.25) is 0 Å². The third-order valence-electron chi connectivity index (χ3n) is 4.24. The first-order valence-corrected chi connectivity index (χ1v) is 7.43. The van der Waals surface area contributed by atoms with Crippen molar-refractivity contribution in [2.45, 2.75) is 39.5 Å². The van der Waals surface area contributed by atoms with Crippen molar-refractivity contribution in [3.63, 3.8) is 0 Å². The molecular weight excluding hydrogens is 246 g/mol. The van der Waals surface area contributed by atoms with Gasteiger partial charge in [0.15, 0.2) is 0 Å². The number of aromatic amines is 1. The highest BCUT2D eigenvalue weighted by atomic mass is 14.9. The van der Waals surface area contributed by atoms with Gasteiger partial charge in [0, 0.05) is 6.42 Å². The first-order valence-electron chi connectivity index (χ1n) is 7.43. The molecular formula is C17H23N3. The summed E-state index contributed by atoms with van der Waals surface area (Å²) in [6, 6.07) is 6.78. The average Bonchev–Trinajstić information content (AvgIpc) is 3.05. The molecule has 1 aliphatic carbocycles. The summed E-state index contributed by atoms with van der Waals surface area (Å²) in [7, 11) is 0. The topological polar surface area (TPSA) is 54.7 Å². The number of nitrogens with zero attached hydrogens (tertiary/aromatic N) is 1. The fourth-order valence-corrected chi connectivity index (χ4v) is 2.86.